The summed E-state index contributed by atoms with van der Waals surface area (Å²) in [7, 11) is 3.09. The highest BCUT2D eigenvalue weighted by molar-refractivity contribution is 6.01. The average Bonchev–Trinajstić information content (AvgIpc) is 3.29. The van der Waals surface area contributed by atoms with Crippen molar-refractivity contribution in [1.82, 2.24) is 19.8 Å². The topological polar surface area (TPSA) is 93.9 Å². The minimum atomic E-state index is -0.208. The highest BCUT2D eigenvalue weighted by Gasteiger charge is 2.16. The molecule has 1 N–H and O–H groups in total. The molecule has 1 amide bonds. The van der Waals surface area contributed by atoms with Gasteiger partial charge in [-0.1, -0.05) is 24.3 Å². The maximum Gasteiger partial charge on any atom is 0.247 e. The van der Waals surface area contributed by atoms with Crippen LogP contribution in [0.5, 0.6) is 5.75 Å². The molecule has 0 radical (unpaired) electrons. The summed E-state index contributed by atoms with van der Waals surface area (Å²) in [6.45, 7) is 1.44. The number of ether oxygens (including phenoxy) is 1. The number of hydroxylamine groups is 1. The van der Waals surface area contributed by atoms with E-state index in [9.17, 15) is 4.79 Å². The van der Waals surface area contributed by atoms with Crippen molar-refractivity contribution in [3.8, 4) is 17.1 Å². The number of rotatable bonds is 6. The number of nitrogens with zero attached hydrogens (tertiary/aromatic N) is 5. The summed E-state index contributed by atoms with van der Waals surface area (Å²) in [5, 5.41) is 20.1. The van der Waals surface area contributed by atoms with Crippen LogP contribution in [0.15, 0.2) is 72.8 Å². The Morgan fingerprint density at radius 1 is 0.912 bits per heavy atom. The van der Waals surface area contributed by atoms with E-state index in [-0.39, 0.29) is 5.91 Å². The molecule has 0 saturated heterocycles. The molecule has 0 aliphatic heterocycles. The molecule has 3 aromatic carbocycles. The number of anilines is 3. The molecule has 34 heavy (non-hydrogen) atoms. The summed E-state index contributed by atoms with van der Waals surface area (Å²) in [5.74, 6) is 1.83. The first kappa shape index (κ1) is 21.4. The molecule has 0 bridgehead atoms. The lowest BCUT2D eigenvalue weighted by Crippen LogP contribution is -2.26. The van der Waals surface area contributed by atoms with Crippen LogP contribution in [0, 0.1) is 0 Å². The fourth-order valence-corrected chi connectivity index (χ4v) is 3.83. The van der Waals surface area contributed by atoms with Crippen LogP contribution in [0.2, 0.25) is 0 Å². The molecule has 9 heteroatoms. The molecule has 0 atom stereocenters. The van der Waals surface area contributed by atoms with Gasteiger partial charge in [-0.15, -0.1) is 15.3 Å². The van der Waals surface area contributed by atoms with Gasteiger partial charge in [-0.2, -0.15) is 9.58 Å². The van der Waals surface area contributed by atoms with Gasteiger partial charge in [0.15, 0.2) is 17.3 Å². The zero-order valence-corrected chi connectivity index (χ0v) is 18.9. The third kappa shape index (κ3) is 3.78. The highest BCUT2D eigenvalue weighted by atomic mass is 16.7. The Morgan fingerprint density at radius 2 is 1.62 bits per heavy atom. The molecule has 2 heterocycles. The van der Waals surface area contributed by atoms with Gasteiger partial charge in [0.1, 0.15) is 5.75 Å². The molecule has 0 aliphatic rings. The molecular formula is C25H22N6O3. The molecule has 2 aromatic heterocycles. The molecule has 0 saturated carbocycles. The van der Waals surface area contributed by atoms with Crippen molar-refractivity contribution in [1.29, 1.82) is 0 Å². The monoisotopic (exact) mass is 454 g/mol. The van der Waals surface area contributed by atoms with E-state index in [1.165, 1.54) is 19.1 Å². The van der Waals surface area contributed by atoms with Crippen LogP contribution in [-0.4, -0.2) is 39.9 Å². The molecule has 5 aromatic rings. The van der Waals surface area contributed by atoms with Crippen LogP contribution in [0.1, 0.15) is 6.92 Å². The second-order valence-corrected chi connectivity index (χ2v) is 7.55. The van der Waals surface area contributed by atoms with Gasteiger partial charge in [0.05, 0.1) is 19.9 Å². The number of nitrogens with one attached hydrogen (secondary N) is 1. The smallest absolute Gasteiger partial charge is 0.247 e. The molecule has 5 rings (SSSR count). The van der Waals surface area contributed by atoms with E-state index in [2.05, 4.69) is 15.5 Å². The molecule has 9 nitrogen and oxygen atoms in total. The second kappa shape index (κ2) is 8.80. The van der Waals surface area contributed by atoms with Crippen molar-refractivity contribution < 1.29 is 14.4 Å². The zero-order valence-electron chi connectivity index (χ0n) is 18.9. The van der Waals surface area contributed by atoms with Crippen molar-refractivity contribution in [2.45, 2.75) is 6.92 Å². The number of methoxy groups -OCH3 is 1. The van der Waals surface area contributed by atoms with E-state index in [1.54, 1.807) is 23.8 Å². The van der Waals surface area contributed by atoms with Gasteiger partial charge in [0, 0.05) is 28.9 Å². The number of amides is 1. The lowest BCUT2D eigenvalue weighted by atomic mass is 10.1. The van der Waals surface area contributed by atoms with Gasteiger partial charge in [-0.25, -0.2) is 0 Å². The van der Waals surface area contributed by atoms with E-state index in [0.29, 0.717) is 23.0 Å². The molecule has 170 valence electrons. The third-order valence-electron chi connectivity index (χ3n) is 5.45. The van der Waals surface area contributed by atoms with Crippen LogP contribution in [0.3, 0.4) is 0 Å². The van der Waals surface area contributed by atoms with Gasteiger partial charge in [0.25, 0.3) is 0 Å². The van der Waals surface area contributed by atoms with Gasteiger partial charge < -0.3 is 10.1 Å². The Kier molecular flexibility index (Phi) is 5.52. The van der Waals surface area contributed by atoms with Crippen molar-refractivity contribution in [3.63, 3.8) is 0 Å². The largest absolute Gasteiger partial charge is 0.497 e. The minimum Gasteiger partial charge on any atom is -0.497 e. The first-order chi connectivity index (χ1) is 16.6. The summed E-state index contributed by atoms with van der Waals surface area (Å²) in [5.41, 5.74) is 2.98. The molecular weight excluding hydrogens is 432 g/mol. The van der Waals surface area contributed by atoms with E-state index in [0.717, 1.165) is 27.8 Å². The van der Waals surface area contributed by atoms with E-state index < -0.39 is 0 Å². The maximum atomic E-state index is 11.7. The van der Waals surface area contributed by atoms with E-state index in [4.69, 9.17) is 14.7 Å². The van der Waals surface area contributed by atoms with E-state index in [1.807, 2.05) is 60.7 Å². The molecule has 0 fully saturated rings. The number of hydrogen-bond donors (Lipinski definition) is 1. The fraction of sp³-hybridized carbons (Fsp3) is 0.120. The van der Waals surface area contributed by atoms with Crippen molar-refractivity contribution >= 4 is 39.5 Å². The highest BCUT2D eigenvalue weighted by Crippen LogP contribution is 2.30. The average molecular weight is 454 g/mol. The quantitative estimate of drug-likeness (QED) is 0.375. The normalized spacial score (nSPS) is 11.0. The Bertz CT molecular complexity index is 1480. The van der Waals surface area contributed by atoms with Gasteiger partial charge in [0.2, 0.25) is 5.91 Å². The predicted molar refractivity (Wildman–Crippen MR) is 130 cm³/mol. The predicted octanol–water partition coefficient (Wildman–Crippen LogP) is 4.61. The van der Waals surface area contributed by atoms with Crippen molar-refractivity contribution in [2.24, 2.45) is 0 Å². The molecule has 0 unspecified atom stereocenters. The van der Waals surface area contributed by atoms with E-state index >= 15 is 0 Å². The summed E-state index contributed by atoms with van der Waals surface area (Å²) >= 11 is 0. The summed E-state index contributed by atoms with van der Waals surface area (Å²) in [4.78, 5) is 16.9. The Morgan fingerprint density at radius 3 is 2.26 bits per heavy atom. The Balaban J connectivity index is 1.58. The summed E-state index contributed by atoms with van der Waals surface area (Å²) in [6.07, 6.45) is 0. The van der Waals surface area contributed by atoms with Gasteiger partial charge >= 0.3 is 0 Å². The first-order valence-electron chi connectivity index (χ1n) is 10.6. The number of aromatic nitrogens is 4. The van der Waals surface area contributed by atoms with Crippen molar-refractivity contribution in [2.75, 3.05) is 24.6 Å². The fourth-order valence-electron chi connectivity index (χ4n) is 3.83. The molecule has 0 spiro atoms. The second-order valence-electron chi connectivity index (χ2n) is 7.55. The maximum absolute atomic E-state index is 11.7. The van der Waals surface area contributed by atoms with Crippen LogP contribution in [0.25, 0.3) is 27.8 Å². The van der Waals surface area contributed by atoms with Crippen LogP contribution in [0.4, 0.5) is 17.2 Å². The Hall–Kier alpha value is -4.50. The summed E-state index contributed by atoms with van der Waals surface area (Å²) in [6, 6.07) is 22.8. The van der Waals surface area contributed by atoms with Crippen molar-refractivity contribution in [3.05, 3.63) is 72.8 Å². The number of fused-ring (bicyclic) bond motifs is 3. The Labute approximate surface area is 195 Å². The van der Waals surface area contributed by atoms with Crippen LogP contribution in [-0.2, 0) is 9.63 Å². The number of carbonyl (C=O) groups is 1. The third-order valence-corrected chi connectivity index (χ3v) is 5.45. The zero-order chi connectivity index (χ0) is 23.7. The SMILES string of the molecule is COc1ccc(-c2nnc3c4ccccc4c(Nc4ccc(N(OC)C(C)=O)cc4)nn23)cc1. The summed E-state index contributed by atoms with van der Waals surface area (Å²) < 4.78 is 7.00. The number of benzene rings is 3. The lowest BCUT2D eigenvalue weighted by molar-refractivity contribution is -0.122. The van der Waals surface area contributed by atoms with Gasteiger partial charge in [-0.3, -0.25) is 9.63 Å². The number of carbonyl (C=O) groups excluding carboxylic acids is 1. The molecule has 0 aliphatic carbocycles. The standard InChI is InChI=1S/C25H22N6O3/c1-16(32)31(34-3)19-12-10-18(11-13-19)26-23-21-6-4-5-7-22(21)25-28-27-24(30(25)29-23)17-8-14-20(33-2)15-9-17/h4-15H,1-3H3,(H,26,29). The van der Waals surface area contributed by atoms with Crippen LogP contribution >= 0.6 is 0 Å². The van der Waals surface area contributed by atoms with Crippen LogP contribution < -0.4 is 15.1 Å². The number of hydrogen-bond acceptors (Lipinski definition) is 7. The first-order valence-corrected chi connectivity index (χ1v) is 10.6. The van der Waals surface area contributed by atoms with Gasteiger partial charge in [-0.05, 0) is 48.5 Å². The minimum absolute atomic E-state index is 0.208. The lowest BCUT2D eigenvalue weighted by Gasteiger charge is -2.18.